The zero-order chi connectivity index (χ0) is 41.6. The Morgan fingerprint density at radius 2 is 0.703 bits per heavy atom. The van der Waals surface area contributed by atoms with Gasteiger partial charge in [0.25, 0.3) is 0 Å². The summed E-state index contributed by atoms with van der Waals surface area (Å²) in [6, 6.07) is 77.8. The summed E-state index contributed by atoms with van der Waals surface area (Å²) in [5.74, 6) is 0. The van der Waals surface area contributed by atoms with Gasteiger partial charge in [0.15, 0.2) is 0 Å². The lowest BCUT2D eigenvalue weighted by Crippen LogP contribution is -1.94. The van der Waals surface area contributed by atoms with Crippen LogP contribution in [0.1, 0.15) is 0 Å². The number of hydrogen-bond acceptors (Lipinski definition) is 1. The molecule has 5 heterocycles. The maximum atomic E-state index is 6.18. The zero-order valence-electron chi connectivity index (χ0n) is 34.5. The SMILES string of the molecule is c1ccc2c(c1)oc1ccc(-n3c4ccccc4c4cc(-c5ccc(-c6ccc7c(c6)c6ccccc6n7-c6ccc7c8cccc9c%10ccccc%10n(c7c6)c98)cc5)ccc43)cc12. The Balaban J connectivity index is 0.820. The van der Waals surface area contributed by atoms with Crippen LogP contribution in [-0.2, 0) is 0 Å². The highest BCUT2D eigenvalue weighted by Crippen LogP contribution is 2.42. The first-order chi connectivity index (χ1) is 31.7. The summed E-state index contributed by atoms with van der Waals surface area (Å²) in [5, 5.41) is 12.4. The van der Waals surface area contributed by atoms with E-state index in [1.54, 1.807) is 0 Å². The minimum atomic E-state index is 0.905. The summed E-state index contributed by atoms with van der Waals surface area (Å²) in [5.41, 5.74) is 17.4. The molecule has 5 aromatic heterocycles. The average Bonchev–Trinajstić information content (AvgIpc) is 4.16. The van der Waals surface area contributed by atoms with Crippen molar-refractivity contribution in [2.24, 2.45) is 0 Å². The topological polar surface area (TPSA) is 27.4 Å². The molecule has 0 saturated heterocycles. The minimum absolute atomic E-state index is 0.905. The van der Waals surface area contributed by atoms with E-state index in [2.05, 4.69) is 214 Å². The Morgan fingerprint density at radius 3 is 1.34 bits per heavy atom. The van der Waals surface area contributed by atoms with Crippen molar-refractivity contribution in [3.8, 4) is 33.6 Å². The predicted octanol–water partition coefficient (Wildman–Crippen LogP) is 16.3. The summed E-state index contributed by atoms with van der Waals surface area (Å²) in [7, 11) is 0. The van der Waals surface area contributed by atoms with E-state index in [0.29, 0.717) is 0 Å². The Labute approximate surface area is 366 Å². The lowest BCUT2D eigenvalue weighted by molar-refractivity contribution is 0.669. The third-order valence-electron chi connectivity index (χ3n) is 14.0. The Morgan fingerprint density at radius 1 is 0.250 bits per heavy atom. The van der Waals surface area contributed by atoms with Crippen molar-refractivity contribution in [1.82, 2.24) is 13.5 Å². The van der Waals surface area contributed by atoms with Crippen LogP contribution in [0.15, 0.2) is 217 Å². The summed E-state index contributed by atoms with van der Waals surface area (Å²) in [4.78, 5) is 0. The maximum absolute atomic E-state index is 6.18. The minimum Gasteiger partial charge on any atom is -0.456 e. The van der Waals surface area contributed by atoms with Crippen LogP contribution in [0.2, 0.25) is 0 Å². The van der Waals surface area contributed by atoms with Gasteiger partial charge >= 0.3 is 0 Å². The molecule has 4 nitrogen and oxygen atoms in total. The van der Waals surface area contributed by atoms with Crippen LogP contribution in [0.4, 0.5) is 0 Å². The second-order valence-corrected chi connectivity index (χ2v) is 17.3. The molecule has 0 aliphatic carbocycles. The van der Waals surface area contributed by atoms with Crippen molar-refractivity contribution in [2.75, 3.05) is 0 Å². The van der Waals surface area contributed by atoms with Gasteiger partial charge in [0.1, 0.15) is 11.2 Å². The van der Waals surface area contributed by atoms with E-state index in [1.807, 2.05) is 12.1 Å². The van der Waals surface area contributed by atoms with Gasteiger partial charge in [0.2, 0.25) is 0 Å². The van der Waals surface area contributed by atoms with Gasteiger partial charge < -0.3 is 18.0 Å². The third-order valence-corrected chi connectivity index (χ3v) is 14.0. The Bertz CT molecular complexity index is 4420. The van der Waals surface area contributed by atoms with Crippen molar-refractivity contribution in [2.45, 2.75) is 0 Å². The van der Waals surface area contributed by atoms with Crippen LogP contribution in [0.25, 0.3) is 137 Å². The number of furan rings is 1. The maximum Gasteiger partial charge on any atom is 0.135 e. The Hall–Kier alpha value is -8.60. The smallest absolute Gasteiger partial charge is 0.135 e. The van der Waals surface area contributed by atoms with Crippen molar-refractivity contribution in [3.63, 3.8) is 0 Å². The van der Waals surface area contributed by atoms with Gasteiger partial charge in [0, 0.05) is 65.2 Å². The van der Waals surface area contributed by atoms with E-state index in [4.69, 9.17) is 4.42 Å². The third kappa shape index (κ3) is 4.56. The van der Waals surface area contributed by atoms with Crippen molar-refractivity contribution >= 4 is 104 Å². The van der Waals surface area contributed by atoms with Crippen LogP contribution in [0.3, 0.4) is 0 Å². The van der Waals surface area contributed by atoms with Crippen LogP contribution < -0.4 is 0 Å². The normalized spacial score (nSPS) is 12.4. The van der Waals surface area contributed by atoms with E-state index in [1.165, 1.54) is 104 Å². The highest BCUT2D eigenvalue weighted by atomic mass is 16.3. The highest BCUT2D eigenvalue weighted by molar-refractivity contribution is 6.23. The van der Waals surface area contributed by atoms with Crippen molar-refractivity contribution < 1.29 is 4.42 Å². The Kier molecular flexibility index (Phi) is 6.65. The molecule has 0 saturated carbocycles. The fraction of sp³-hybridized carbons (Fsp3) is 0. The van der Waals surface area contributed by atoms with Gasteiger partial charge in [-0.2, -0.15) is 0 Å². The van der Waals surface area contributed by atoms with Gasteiger partial charge in [-0.1, -0.05) is 133 Å². The van der Waals surface area contributed by atoms with Crippen LogP contribution in [0, 0.1) is 0 Å². The van der Waals surface area contributed by atoms with Gasteiger partial charge in [-0.25, -0.2) is 0 Å². The van der Waals surface area contributed by atoms with Gasteiger partial charge in [0.05, 0.1) is 38.6 Å². The molecule has 296 valence electrons. The molecule has 4 heteroatoms. The van der Waals surface area contributed by atoms with E-state index >= 15 is 0 Å². The fourth-order valence-corrected chi connectivity index (χ4v) is 11.1. The number of aromatic nitrogens is 3. The van der Waals surface area contributed by atoms with E-state index in [0.717, 1.165) is 33.3 Å². The highest BCUT2D eigenvalue weighted by Gasteiger charge is 2.20. The van der Waals surface area contributed by atoms with E-state index < -0.39 is 0 Å². The standard InChI is InChI=1S/C60H35N3O/c1-7-18-54-42(10-1)47-14-9-15-48-45-28-26-41(35-57(45)63(54)60(47)48)62-53-17-6-3-12-44(53)50-33-39(25-30-56(50)62)37-22-20-36(21-23-37)38-24-29-55-49(32-38)43-11-2-5-16-52(43)61(55)40-27-31-59-51(34-40)46-13-4-8-19-58(46)64-59/h1-35H. The molecule has 10 aromatic carbocycles. The molecule has 0 unspecified atom stereocenters. The molecule has 0 aliphatic heterocycles. The predicted molar refractivity (Wildman–Crippen MR) is 268 cm³/mol. The molecule has 0 radical (unpaired) electrons. The molecule has 0 atom stereocenters. The summed E-state index contributed by atoms with van der Waals surface area (Å²) < 4.78 is 13.5. The van der Waals surface area contributed by atoms with Crippen LogP contribution in [-0.4, -0.2) is 13.5 Å². The fourth-order valence-electron chi connectivity index (χ4n) is 11.1. The second kappa shape index (κ2) is 12.5. The molecule has 0 fully saturated rings. The number of hydrogen-bond donors (Lipinski definition) is 0. The quantitative estimate of drug-likeness (QED) is 0.174. The van der Waals surface area contributed by atoms with Gasteiger partial charge in [-0.05, 0) is 101 Å². The molecule has 0 amide bonds. The first-order valence-electron chi connectivity index (χ1n) is 22.0. The number of nitrogens with zero attached hydrogens (tertiary/aromatic N) is 3. The number of benzene rings is 10. The number of para-hydroxylation sites is 5. The number of fused-ring (bicyclic) bond motifs is 15. The first kappa shape index (κ1) is 34.0. The molecule has 15 aromatic rings. The molecular formula is C60H35N3O. The first-order valence-corrected chi connectivity index (χ1v) is 22.0. The molecule has 0 bridgehead atoms. The van der Waals surface area contributed by atoms with Gasteiger partial charge in [-0.3, -0.25) is 0 Å². The molecule has 0 N–H and O–H groups in total. The van der Waals surface area contributed by atoms with Crippen LogP contribution >= 0.6 is 0 Å². The number of rotatable bonds is 4. The summed E-state index contributed by atoms with van der Waals surface area (Å²) >= 11 is 0. The van der Waals surface area contributed by atoms with Crippen molar-refractivity contribution in [3.05, 3.63) is 212 Å². The second-order valence-electron chi connectivity index (χ2n) is 17.3. The van der Waals surface area contributed by atoms with E-state index in [-0.39, 0.29) is 0 Å². The largest absolute Gasteiger partial charge is 0.456 e. The molecule has 64 heavy (non-hydrogen) atoms. The summed E-state index contributed by atoms with van der Waals surface area (Å²) in [6.45, 7) is 0. The molecule has 0 aliphatic rings. The summed E-state index contributed by atoms with van der Waals surface area (Å²) in [6.07, 6.45) is 0. The van der Waals surface area contributed by atoms with Crippen molar-refractivity contribution in [1.29, 1.82) is 0 Å². The van der Waals surface area contributed by atoms with E-state index in [9.17, 15) is 0 Å². The zero-order valence-corrected chi connectivity index (χ0v) is 34.5. The molecule has 15 rings (SSSR count). The van der Waals surface area contributed by atoms with Gasteiger partial charge in [-0.15, -0.1) is 0 Å². The monoisotopic (exact) mass is 813 g/mol. The molecule has 0 spiro atoms. The average molecular weight is 814 g/mol. The lowest BCUT2D eigenvalue weighted by atomic mass is 9.98. The molecular weight excluding hydrogens is 779 g/mol. The lowest BCUT2D eigenvalue weighted by Gasteiger charge is -2.10. The van der Waals surface area contributed by atoms with Crippen LogP contribution in [0.5, 0.6) is 0 Å².